The minimum Gasteiger partial charge on any atom is -0.507 e. The molecule has 1 unspecified atom stereocenters. The van der Waals surface area contributed by atoms with Gasteiger partial charge in [-0.3, -0.25) is 14.4 Å². The number of aliphatic hydroxyl groups excluding tert-OH is 1. The van der Waals surface area contributed by atoms with Crippen molar-refractivity contribution < 1.29 is 29.1 Å². The Balaban J connectivity index is 1.85. The van der Waals surface area contributed by atoms with Gasteiger partial charge in [-0.05, 0) is 18.2 Å². The zero-order chi connectivity index (χ0) is 19.3. The molecule has 2 heterocycles. The van der Waals surface area contributed by atoms with Gasteiger partial charge >= 0.3 is 0 Å². The second kappa shape index (κ2) is 6.31. The van der Waals surface area contributed by atoms with Crippen molar-refractivity contribution >= 4 is 34.5 Å². The molecule has 2 amide bonds. The third-order valence-electron chi connectivity index (χ3n) is 4.08. The van der Waals surface area contributed by atoms with Gasteiger partial charge < -0.3 is 14.6 Å². The van der Waals surface area contributed by atoms with E-state index in [9.17, 15) is 24.6 Å². The molecule has 138 valence electrons. The lowest BCUT2D eigenvalue weighted by molar-refractivity contribution is -0.247. The van der Waals surface area contributed by atoms with E-state index in [-0.39, 0.29) is 40.3 Å². The van der Waals surface area contributed by atoms with Gasteiger partial charge in [-0.25, -0.2) is 9.82 Å². The number of hydrogen-bond acceptors (Lipinski definition) is 8. The SMILES string of the molecule is O=C1CCC(=O)N1OC(O)c1c(O)ccc2nc3cc(Cl)c(=O)cc-3oc12. The zero-order valence-corrected chi connectivity index (χ0v) is 14.3. The number of aromatic nitrogens is 1. The van der Waals surface area contributed by atoms with Crippen LogP contribution in [0.25, 0.3) is 22.6 Å². The molecule has 1 aromatic carbocycles. The molecule has 0 aromatic heterocycles. The average molecular weight is 391 g/mol. The lowest BCUT2D eigenvalue weighted by Gasteiger charge is -2.20. The van der Waals surface area contributed by atoms with Crippen LogP contribution < -0.4 is 5.43 Å². The Morgan fingerprint density at radius 2 is 1.89 bits per heavy atom. The Morgan fingerprint density at radius 3 is 2.59 bits per heavy atom. The summed E-state index contributed by atoms with van der Waals surface area (Å²) in [5, 5.41) is 20.9. The topological polar surface area (TPSA) is 130 Å². The first-order chi connectivity index (χ1) is 12.8. The smallest absolute Gasteiger partial charge is 0.254 e. The predicted octanol–water partition coefficient (Wildman–Crippen LogP) is 1.72. The third-order valence-corrected chi connectivity index (χ3v) is 4.37. The van der Waals surface area contributed by atoms with Gasteiger partial charge in [0.25, 0.3) is 11.8 Å². The number of fused-ring (bicyclic) bond motifs is 2. The molecule has 0 radical (unpaired) electrons. The molecule has 2 aliphatic heterocycles. The first-order valence-electron chi connectivity index (χ1n) is 7.82. The van der Waals surface area contributed by atoms with Crippen LogP contribution in [0.1, 0.15) is 24.7 Å². The molecule has 1 fully saturated rings. The molecular formula is C17H11ClN2O7. The van der Waals surface area contributed by atoms with E-state index >= 15 is 0 Å². The number of nitrogens with zero attached hydrogens (tertiary/aromatic N) is 2. The van der Waals surface area contributed by atoms with Gasteiger partial charge in [-0.1, -0.05) is 11.6 Å². The zero-order valence-electron chi connectivity index (χ0n) is 13.5. The number of hydroxylamine groups is 2. The van der Waals surface area contributed by atoms with Crippen LogP contribution in [-0.2, 0) is 14.4 Å². The van der Waals surface area contributed by atoms with Gasteiger partial charge in [0.15, 0.2) is 11.3 Å². The fourth-order valence-corrected chi connectivity index (χ4v) is 2.93. The van der Waals surface area contributed by atoms with E-state index in [0.29, 0.717) is 10.8 Å². The molecule has 10 heteroatoms. The van der Waals surface area contributed by atoms with Crippen LogP contribution in [0.5, 0.6) is 5.75 Å². The summed E-state index contributed by atoms with van der Waals surface area (Å²) in [7, 11) is 0. The van der Waals surface area contributed by atoms with Crippen LogP contribution >= 0.6 is 11.6 Å². The molecule has 2 N–H and O–H groups in total. The van der Waals surface area contributed by atoms with Crippen LogP contribution in [0.2, 0.25) is 5.02 Å². The molecule has 3 aliphatic rings. The van der Waals surface area contributed by atoms with Gasteiger partial charge in [0.05, 0.1) is 10.6 Å². The van der Waals surface area contributed by atoms with Crippen molar-refractivity contribution in [2.45, 2.75) is 19.1 Å². The van der Waals surface area contributed by atoms with Gasteiger partial charge in [0.2, 0.25) is 11.7 Å². The molecule has 1 atom stereocenters. The van der Waals surface area contributed by atoms with Crippen molar-refractivity contribution in [2.75, 3.05) is 0 Å². The monoisotopic (exact) mass is 390 g/mol. The highest BCUT2D eigenvalue weighted by atomic mass is 35.5. The van der Waals surface area contributed by atoms with Crippen LogP contribution in [0.15, 0.2) is 33.5 Å². The summed E-state index contributed by atoms with van der Waals surface area (Å²) >= 11 is 5.80. The molecule has 9 nitrogen and oxygen atoms in total. The molecule has 0 saturated carbocycles. The number of amides is 2. The first kappa shape index (κ1) is 17.4. The third kappa shape index (κ3) is 2.91. The molecule has 1 aliphatic carbocycles. The van der Waals surface area contributed by atoms with Gasteiger partial charge in [-0.15, -0.1) is 0 Å². The van der Waals surface area contributed by atoms with Crippen molar-refractivity contribution in [3.63, 3.8) is 0 Å². The molecule has 4 rings (SSSR count). The van der Waals surface area contributed by atoms with Crippen molar-refractivity contribution in [2.24, 2.45) is 0 Å². The number of aromatic hydroxyl groups is 1. The largest absolute Gasteiger partial charge is 0.507 e. The summed E-state index contributed by atoms with van der Waals surface area (Å²) in [6.07, 6.45) is -1.95. The Morgan fingerprint density at radius 1 is 1.19 bits per heavy atom. The van der Waals surface area contributed by atoms with Crippen LogP contribution in [0.3, 0.4) is 0 Å². The fraction of sp³-hybridized carbons (Fsp3) is 0.176. The minimum atomic E-state index is -1.89. The van der Waals surface area contributed by atoms with Gasteiger partial charge in [-0.2, -0.15) is 5.06 Å². The summed E-state index contributed by atoms with van der Waals surface area (Å²) < 4.78 is 5.62. The highest BCUT2D eigenvalue weighted by Gasteiger charge is 2.34. The van der Waals surface area contributed by atoms with Crippen molar-refractivity contribution in [3.05, 3.63) is 45.1 Å². The number of carbonyl (C=O) groups is 2. The number of phenols is 1. The Bertz CT molecular complexity index is 1110. The molecule has 27 heavy (non-hydrogen) atoms. The second-order valence-electron chi connectivity index (χ2n) is 5.85. The quantitative estimate of drug-likeness (QED) is 0.392. The van der Waals surface area contributed by atoms with Gasteiger partial charge in [0, 0.05) is 18.9 Å². The number of carbonyl (C=O) groups excluding carboxylic acids is 2. The number of halogens is 1. The number of rotatable bonds is 3. The first-order valence-corrected chi connectivity index (χ1v) is 8.19. The number of benzene rings is 2. The summed E-state index contributed by atoms with van der Waals surface area (Å²) in [5.74, 6) is -1.55. The average Bonchev–Trinajstić information content (AvgIpc) is 2.93. The van der Waals surface area contributed by atoms with Crippen molar-refractivity contribution in [1.29, 1.82) is 0 Å². The summed E-state index contributed by atoms with van der Waals surface area (Å²) in [5.41, 5.74) is -0.274. The van der Waals surface area contributed by atoms with Crippen LogP contribution in [0, 0.1) is 0 Å². The molecule has 0 spiro atoms. The normalized spacial score (nSPS) is 15.9. The lowest BCUT2D eigenvalue weighted by atomic mass is 10.1. The maximum atomic E-state index is 11.7. The maximum absolute atomic E-state index is 11.7. The van der Waals surface area contributed by atoms with Crippen molar-refractivity contribution in [3.8, 4) is 17.2 Å². The van der Waals surface area contributed by atoms with Gasteiger partial charge in [0.1, 0.15) is 17.0 Å². The van der Waals surface area contributed by atoms with E-state index in [1.54, 1.807) is 0 Å². The van der Waals surface area contributed by atoms with E-state index in [4.69, 9.17) is 20.9 Å². The van der Waals surface area contributed by atoms with Crippen LogP contribution in [0.4, 0.5) is 0 Å². The highest BCUT2D eigenvalue weighted by Crippen LogP contribution is 2.36. The van der Waals surface area contributed by atoms with E-state index < -0.39 is 29.3 Å². The highest BCUT2D eigenvalue weighted by molar-refractivity contribution is 6.30. The van der Waals surface area contributed by atoms with E-state index in [1.807, 2.05) is 0 Å². The maximum Gasteiger partial charge on any atom is 0.254 e. The number of phenolic OH excluding ortho intramolecular Hbond substituents is 1. The summed E-state index contributed by atoms with van der Waals surface area (Å²) in [6, 6.07) is 5.13. The molecule has 1 saturated heterocycles. The second-order valence-corrected chi connectivity index (χ2v) is 6.26. The Labute approximate surface area is 155 Å². The fourth-order valence-electron chi connectivity index (χ4n) is 2.77. The Hall–Kier alpha value is -3.01. The summed E-state index contributed by atoms with van der Waals surface area (Å²) in [6.45, 7) is 0. The van der Waals surface area contributed by atoms with Crippen molar-refractivity contribution in [1.82, 2.24) is 10.0 Å². The number of aliphatic hydroxyl groups is 1. The number of imide groups is 1. The van der Waals surface area contributed by atoms with Crippen LogP contribution in [-0.4, -0.2) is 32.1 Å². The summed E-state index contributed by atoms with van der Waals surface area (Å²) in [4.78, 5) is 44.4. The van der Waals surface area contributed by atoms with E-state index in [2.05, 4.69) is 4.98 Å². The molecule has 1 aromatic rings. The Kier molecular flexibility index (Phi) is 4.06. The van der Waals surface area contributed by atoms with E-state index in [0.717, 1.165) is 6.07 Å². The van der Waals surface area contributed by atoms with E-state index in [1.165, 1.54) is 18.2 Å². The predicted molar refractivity (Wildman–Crippen MR) is 90.7 cm³/mol. The lowest BCUT2D eigenvalue weighted by Crippen LogP contribution is -2.31. The molecular weight excluding hydrogens is 380 g/mol. The standard InChI is InChI=1S/C17H11ClN2O7/c18-7-5-9-12(6-11(7)22)26-16-8(19-9)1-2-10(21)15(16)17(25)27-20-13(23)3-4-14(20)24/h1-2,5-6,17,21,25H,3-4H2. The molecule has 0 bridgehead atoms. The number of hydrogen-bond donors (Lipinski definition) is 2. The minimum absolute atomic E-state index is 0.0296.